The molecule has 0 saturated carbocycles. The van der Waals surface area contributed by atoms with Crippen LogP contribution in [0.1, 0.15) is 44.1 Å². The molecule has 0 saturated heterocycles. The molecule has 42 heavy (non-hydrogen) atoms. The normalized spacial score (nSPS) is 12.3. The fourth-order valence-electron chi connectivity index (χ4n) is 5.74. The Morgan fingerprint density at radius 3 is 2.31 bits per heavy atom. The molecule has 2 amide bonds. The van der Waals surface area contributed by atoms with E-state index in [2.05, 4.69) is 59.3 Å². The van der Waals surface area contributed by atoms with E-state index in [1.54, 1.807) is 0 Å². The van der Waals surface area contributed by atoms with Gasteiger partial charge in [0, 0.05) is 34.9 Å². The van der Waals surface area contributed by atoms with Crippen molar-refractivity contribution >= 4 is 23.2 Å². The van der Waals surface area contributed by atoms with E-state index in [-0.39, 0.29) is 18.2 Å². The number of nitrogens with one attached hydrogen (secondary N) is 1. The van der Waals surface area contributed by atoms with E-state index in [0.29, 0.717) is 12.1 Å². The fraction of sp³-hybridized carbons (Fsp3) is 0.194. The number of anilines is 2. The molecule has 0 fully saturated rings. The lowest BCUT2D eigenvalue weighted by atomic mass is 9.96. The van der Waals surface area contributed by atoms with Gasteiger partial charge in [-0.1, -0.05) is 53.6 Å². The van der Waals surface area contributed by atoms with E-state index in [1.165, 1.54) is 5.56 Å². The Bertz CT molecular complexity index is 1800. The van der Waals surface area contributed by atoms with Crippen molar-refractivity contribution in [1.29, 1.82) is 0 Å². The summed E-state index contributed by atoms with van der Waals surface area (Å²) < 4.78 is 2.09. The van der Waals surface area contributed by atoms with E-state index in [0.717, 1.165) is 62.9 Å². The van der Waals surface area contributed by atoms with Gasteiger partial charge in [0.2, 0.25) is 5.91 Å². The largest absolute Gasteiger partial charge is 0.322 e. The number of amides is 2. The van der Waals surface area contributed by atoms with Crippen molar-refractivity contribution in [2.75, 3.05) is 16.8 Å². The summed E-state index contributed by atoms with van der Waals surface area (Å²) in [6.07, 6.45) is 0.958. The zero-order chi connectivity index (χ0) is 29.4. The first-order valence-electron chi connectivity index (χ1n) is 14.3. The second-order valence-corrected chi connectivity index (χ2v) is 11.1. The van der Waals surface area contributed by atoms with Gasteiger partial charge in [0.1, 0.15) is 5.82 Å². The fourth-order valence-corrected chi connectivity index (χ4v) is 5.74. The highest BCUT2D eigenvalue weighted by molar-refractivity contribution is 6.09. The SMILES string of the molecule is Cc1ccc(-c2cc(C)ccc2C(=O)Nc2ccc3c(c2)CCN3C(=O)Cc2cccc(-n3c(C)ccc3C)n2)cc1. The van der Waals surface area contributed by atoms with Crippen LogP contribution in [-0.2, 0) is 17.6 Å². The molecule has 0 spiro atoms. The second-order valence-electron chi connectivity index (χ2n) is 11.1. The highest BCUT2D eigenvalue weighted by Crippen LogP contribution is 2.32. The molecule has 0 radical (unpaired) electrons. The van der Waals surface area contributed by atoms with Crippen LogP contribution in [0.5, 0.6) is 0 Å². The van der Waals surface area contributed by atoms with Crippen molar-refractivity contribution in [3.8, 4) is 16.9 Å². The zero-order valence-corrected chi connectivity index (χ0v) is 24.4. The molecule has 2 aromatic heterocycles. The highest BCUT2D eigenvalue weighted by Gasteiger charge is 2.26. The number of hydrogen-bond donors (Lipinski definition) is 1. The maximum Gasteiger partial charge on any atom is 0.256 e. The van der Waals surface area contributed by atoms with Gasteiger partial charge in [-0.3, -0.25) is 9.59 Å². The van der Waals surface area contributed by atoms with E-state index in [9.17, 15) is 9.59 Å². The Hall–Kier alpha value is -4.97. The summed E-state index contributed by atoms with van der Waals surface area (Å²) in [4.78, 5) is 33.4. The number of benzene rings is 3. The molecule has 6 heteroatoms. The van der Waals surface area contributed by atoms with E-state index in [4.69, 9.17) is 4.98 Å². The monoisotopic (exact) mass is 554 g/mol. The van der Waals surface area contributed by atoms with E-state index in [1.807, 2.05) is 74.2 Å². The van der Waals surface area contributed by atoms with Gasteiger partial charge in [0.05, 0.1) is 12.1 Å². The Labute approximate surface area is 246 Å². The molecule has 3 heterocycles. The minimum Gasteiger partial charge on any atom is -0.322 e. The molecular formula is C36H34N4O2. The van der Waals surface area contributed by atoms with Gasteiger partial charge in [0.15, 0.2) is 0 Å². The first-order chi connectivity index (χ1) is 20.3. The molecule has 0 bridgehead atoms. The Morgan fingerprint density at radius 2 is 1.55 bits per heavy atom. The lowest BCUT2D eigenvalue weighted by Gasteiger charge is -2.18. The molecule has 0 atom stereocenters. The van der Waals surface area contributed by atoms with Gasteiger partial charge in [0.25, 0.3) is 5.91 Å². The molecule has 6 rings (SSSR count). The molecule has 5 aromatic rings. The molecule has 6 nitrogen and oxygen atoms in total. The number of pyridine rings is 1. The predicted octanol–water partition coefficient (Wildman–Crippen LogP) is 7.16. The molecule has 1 aliphatic heterocycles. The first-order valence-corrected chi connectivity index (χ1v) is 14.3. The van der Waals surface area contributed by atoms with E-state index >= 15 is 0 Å². The zero-order valence-electron chi connectivity index (χ0n) is 24.4. The third kappa shape index (κ3) is 5.36. The summed E-state index contributed by atoms with van der Waals surface area (Å²) in [5, 5.41) is 3.09. The Kier molecular flexibility index (Phi) is 7.21. The van der Waals surface area contributed by atoms with Crippen LogP contribution in [0.2, 0.25) is 0 Å². The van der Waals surface area contributed by atoms with Crippen LogP contribution < -0.4 is 10.2 Å². The number of carbonyl (C=O) groups excluding carboxylic acids is 2. The molecule has 210 valence electrons. The van der Waals surface area contributed by atoms with Crippen LogP contribution >= 0.6 is 0 Å². The topological polar surface area (TPSA) is 67.2 Å². The minimum absolute atomic E-state index is 0.0125. The summed E-state index contributed by atoms with van der Waals surface area (Å²) >= 11 is 0. The second kappa shape index (κ2) is 11.1. The van der Waals surface area contributed by atoms with Crippen LogP contribution in [0.25, 0.3) is 16.9 Å². The summed E-state index contributed by atoms with van der Waals surface area (Å²) in [5.41, 5.74) is 10.4. The average Bonchev–Trinajstić information content (AvgIpc) is 3.55. The van der Waals surface area contributed by atoms with Crippen LogP contribution in [0, 0.1) is 27.7 Å². The molecular weight excluding hydrogens is 520 g/mol. The Morgan fingerprint density at radius 1 is 0.810 bits per heavy atom. The van der Waals surface area contributed by atoms with Gasteiger partial charge in [-0.2, -0.15) is 0 Å². The van der Waals surface area contributed by atoms with Crippen molar-refractivity contribution in [2.24, 2.45) is 0 Å². The number of fused-ring (bicyclic) bond motifs is 1. The Balaban J connectivity index is 1.18. The van der Waals surface area contributed by atoms with Gasteiger partial charge < -0.3 is 14.8 Å². The van der Waals surface area contributed by atoms with Gasteiger partial charge >= 0.3 is 0 Å². The molecule has 3 aromatic carbocycles. The molecule has 1 aliphatic rings. The van der Waals surface area contributed by atoms with Gasteiger partial charge in [-0.25, -0.2) is 4.98 Å². The third-order valence-corrected chi connectivity index (χ3v) is 7.94. The molecule has 1 N–H and O–H groups in total. The summed E-state index contributed by atoms with van der Waals surface area (Å²) in [5.74, 6) is 0.677. The van der Waals surface area contributed by atoms with Crippen LogP contribution in [0.15, 0.2) is 91.0 Å². The van der Waals surface area contributed by atoms with Crippen molar-refractivity contribution in [3.63, 3.8) is 0 Å². The number of rotatable bonds is 6. The maximum absolute atomic E-state index is 13.4. The van der Waals surface area contributed by atoms with Crippen LogP contribution in [0.3, 0.4) is 0 Å². The number of aromatic nitrogens is 2. The number of carbonyl (C=O) groups is 2. The lowest BCUT2D eigenvalue weighted by molar-refractivity contribution is -0.117. The van der Waals surface area contributed by atoms with Crippen LogP contribution in [0.4, 0.5) is 11.4 Å². The van der Waals surface area contributed by atoms with Gasteiger partial charge in [-0.05, 0) is 99.3 Å². The summed E-state index contributed by atoms with van der Waals surface area (Å²) in [7, 11) is 0. The number of hydrogen-bond acceptors (Lipinski definition) is 3. The smallest absolute Gasteiger partial charge is 0.256 e. The van der Waals surface area contributed by atoms with E-state index < -0.39 is 0 Å². The van der Waals surface area contributed by atoms with Crippen molar-refractivity contribution < 1.29 is 9.59 Å². The molecule has 0 unspecified atom stereocenters. The van der Waals surface area contributed by atoms with Crippen LogP contribution in [-0.4, -0.2) is 27.9 Å². The minimum atomic E-state index is -0.157. The van der Waals surface area contributed by atoms with Gasteiger partial charge in [-0.15, -0.1) is 0 Å². The standard InChI is InChI=1S/C36H34N4O2/c1-23-8-13-27(14-9-23)32-20-24(2)10-16-31(32)36(42)38-30-15-17-33-28(21-30)18-19-39(33)35(41)22-29-6-5-7-34(37-29)40-25(3)11-12-26(40)4/h5-17,20-21H,18-19,22H2,1-4H3,(H,38,42). The number of nitrogens with zero attached hydrogens (tertiary/aromatic N) is 3. The third-order valence-electron chi connectivity index (χ3n) is 7.94. The predicted molar refractivity (Wildman–Crippen MR) is 169 cm³/mol. The van der Waals surface area contributed by atoms with Crippen molar-refractivity contribution in [1.82, 2.24) is 9.55 Å². The first kappa shape index (κ1) is 27.2. The number of aryl methyl sites for hydroxylation is 4. The summed E-state index contributed by atoms with van der Waals surface area (Å²) in [6, 6.07) is 29.9. The molecule has 0 aliphatic carbocycles. The quantitative estimate of drug-likeness (QED) is 0.242. The average molecular weight is 555 g/mol. The van der Waals surface area contributed by atoms with Crippen molar-refractivity contribution in [3.05, 3.63) is 130 Å². The highest BCUT2D eigenvalue weighted by atomic mass is 16.2. The van der Waals surface area contributed by atoms with Crippen molar-refractivity contribution in [2.45, 2.75) is 40.5 Å². The lowest BCUT2D eigenvalue weighted by Crippen LogP contribution is -2.30. The summed E-state index contributed by atoms with van der Waals surface area (Å²) in [6.45, 7) is 8.79. The maximum atomic E-state index is 13.4.